The van der Waals surface area contributed by atoms with Crippen molar-refractivity contribution in [1.29, 1.82) is 0 Å². The Hall–Kier alpha value is -2.77. The molecule has 1 saturated carbocycles. The van der Waals surface area contributed by atoms with Crippen LogP contribution in [0.15, 0.2) is 22.7 Å². The number of amides is 1. The fourth-order valence-corrected chi connectivity index (χ4v) is 3.20. The number of nitro groups is 1. The van der Waals surface area contributed by atoms with Gasteiger partial charge < -0.3 is 9.84 Å². The van der Waals surface area contributed by atoms with Crippen LogP contribution in [0.3, 0.4) is 0 Å². The van der Waals surface area contributed by atoms with E-state index in [-0.39, 0.29) is 11.3 Å². The third-order valence-corrected chi connectivity index (χ3v) is 4.57. The topological polar surface area (TPSA) is 111 Å². The van der Waals surface area contributed by atoms with Crippen molar-refractivity contribution in [1.82, 2.24) is 15.5 Å². The molecule has 0 bridgehead atoms. The molecule has 1 fully saturated rings. The second-order valence-electron chi connectivity index (χ2n) is 6.39. The molecule has 1 aliphatic carbocycles. The highest BCUT2D eigenvalue weighted by Crippen LogP contribution is 2.32. The molecule has 1 N–H and O–H groups in total. The molecule has 8 heteroatoms. The quantitative estimate of drug-likeness (QED) is 0.657. The van der Waals surface area contributed by atoms with Crippen molar-refractivity contribution in [3.05, 3.63) is 51.2 Å². The minimum absolute atomic E-state index is 0.0508. The van der Waals surface area contributed by atoms with Crippen molar-refractivity contribution in [3.63, 3.8) is 0 Å². The number of nitrogens with zero attached hydrogens (tertiary/aromatic N) is 3. The molecule has 0 saturated heterocycles. The van der Waals surface area contributed by atoms with E-state index < -0.39 is 16.9 Å². The Morgan fingerprint density at radius 3 is 2.80 bits per heavy atom. The van der Waals surface area contributed by atoms with Crippen LogP contribution in [0.5, 0.6) is 0 Å². The summed E-state index contributed by atoms with van der Waals surface area (Å²) < 4.78 is 5.27. The van der Waals surface area contributed by atoms with E-state index in [4.69, 9.17) is 4.52 Å². The summed E-state index contributed by atoms with van der Waals surface area (Å²) in [5, 5.41) is 17.9. The lowest BCUT2D eigenvalue weighted by Crippen LogP contribution is -2.28. The van der Waals surface area contributed by atoms with Crippen LogP contribution in [-0.4, -0.2) is 21.0 Å². The molecule has 0 aliphatic heterocycles. The zero-order chi connectivity index (χ0) is 18.0. The molecule has 8 nitrogen and oxygen atoms in total. The normalized spacial score (nSPS) is 15.9. The molecule has 0 radical (unpaired) electrons. The maximum absolute atomic E-state index is 12.5. The van der Waals surface area contributed by atoms with Crippen LogP contribution in [0.4, 0.5) is 5.69 Å². The fourth-order valence-electron chi connectivity index (χ4n) is 3.20. The summed E-state index contributed by atoms with van der Waals surface area (Å²) in [7, 11) is 0. The molecule has 25 heavy (non-hydrogen) atoms. The summed E-state index contributed by atoms with van der Waals surface area (Å²) in [4.78, 5) is 27.5. The van der Waals surface area contributed by atoms with Gasteiger partial charge in [-0.3, -0.25) is 14.9 Å². The van der Waals surface area contributed by atoms with Gasteiger partial charge in [0, 0.05) is 12.0 Å². The van der Waals surface area contributed by atoms with E-state index in [1.54, 1.807) is 26.0 Å². The lowest BCUT2D eigenvalue weighted by Gasteiger charge is -2.11. The Balaban J connectivity index is 1.76. The molecule has 1 aliphatic rings. The van der Waals surface area contributed by atoms with E-state index >= 15 is 0 Å². The van der Waals surface area contributed by atoms with Gasteiger partial charge in [-0.1, -0.05) is 30.1 Å². The lowest BCUT2D eigenvalue weighted by molar-refractivity contribution is -0.385. The molecule has 132 valence electrons. The Morgan fingerprint density at radius 1 is 1.40 bits per heavy atom. The van der Waals surface area contributed by atoms with Gasteiger partial charge in [0.05, 0.1) is 4.92 Å². The molecule has 1 atom stereocenters. The van der Waals surface area contributed by atoms with Crippen LogP contribution in [0.25, 0.3) is 0 Å². The summed E-state index contributed by atoms with van der Waals surface area (Å²) in [6, 6.07) is 4.00. The van der Waals surface area contributed by atoms with Crippen LogP contribution in [0, 0.1) is 17.0 Å². The van der Waals surface area contributed by atoms with Crippen LogP contribution in [0.1, 0.15) is 72.2 Å². The molecule has 1 amide bonds. The average Bonchev–Trinajstić information content (AvgIpc) is 3.25. The fraction of sp³-hybridized carbons (Fsp3) is 0.471. The van der Waals surface area contributed by atoms with E-state index in [0.29, 0.717) is 23.2 Å². The molecule has 1 heterocycles. The van der Waals surface area contributed by atoms with Gasteiger partial charge in [0.1, 0.15) is 11.6 Å². The van der Waals surface area contributed by atoms with Crippen molar-refractivity contribution >= 4 is 11.6 Å². The van der Waals surface area contributed by atoms with Gasteiger partial charge in [-0.2, -0.15) is 4.98 Å². The van der Waals surface area contributed by atoms with Crippen LogP contribution in [-0.2, 0) is 0 Å². The predicted molar refractivity (Wildman–Crippen MR) is 89.2 cm³/mol. The standard InChI is InChI=1S/C17H20N4O4/c1-10-6-5-9-13(21(23)24)14(10)16(22)18-11(2)17-19-15(20-25-17)12-7-3-4-8-12/h5-6,9,11-12H,3-4,7-8H2,1-2H3,(H,18,22). The number of hydrogen-bond donors (Lipinski definition) is 1. The van der Waals surface area contributed by atoms with E-state index in [1.165, 1.54) is 6.07 Å². The summed E-state index contributed by atoms with van der Waals surface area (Å²) >= 11 is 0. The molecule has 1 aromatic heterocycles. The number of benzene rings is 1. The smallest absolute Gasteiger partial charge is 0.282 e. The zero-order valence-corrected chi connectivity index (χ0v) is 14.2. The monoisotopic (exact) mass is 344 g/mol. The van der Waals surface area contributed by atoms with Crippen molar-refractivity contribution in [2.75, 3.05) is 0 Å². The number of nitrogens with one attached hydrogen (secondary N) is 1. The highest BCUT2D eigenvalue weighted by atomic mass is 16.6. The maximum atomic E-state index is 12.5. The lowest BCUT2D eigenvalue weighted by atomic mass is 10.1. The second kappa shape index (κ2) is 7.00. The number of carbonyl (C=O) groups excluding carboxylic acids is 1. The maximum Gasteiger partial charge on any atom is 0.282 e. The van der Waals surface area contributed by atoms with E-state index in [9.17, 15) is 14.9 Å². The highest BCUT2D eigenvalue weighted by Gasteiger charge is 2.27. The van der Waals surface area contributed by atoms with Crippen LogP contribution in [0.2, 0.25) is 0 Å². The van der Waals surface area contributed by atoms with E-state index in [0.717, 1.165) is 25.7 Å². The number of aromatic nitrogens is 2. The van der Waals surface area contributed by atoms with Crippen LogP contribution >= 0.6 is 0 Å². The van der Waals surface area contributed by atoms with Gasteiger partial charge in [-0.05, 0) is 32.3 Å². The largest absolute Gasteiger partial charge is 0.340 e. The van der Waals surface area contributed by atoms with Crippen molar-refractivity contribution in [2.45, 2.75) is 51.5 Å². The van der Waals surface area contributed by atoms with Crippen molar-refractivity contribution < 1.29 is 14.2 Å². The number of carbonyl (C=O) groups is 1. The first-order valence-corrected chi connectivity index (χ1v) is 8.35. The van der Waals surface area contributed by atoms with Crippen molar-refractivity contribution in [2.24, 2.45) is 0 Å². The molecule has 0 spiro atoms. The first-order valence-electron chi connectivity index (χ1n) is 8.35. The number of rotatable bonds is 5. The molecule has 1 aromatic carbocycles. The van der Waals surface area contributed by atoms with E-state index in [1.807, 2.05) is 0 Å². The van der Waals surface area contributed by atoms with Gasteiger partial charge in [0.2, 0.25) is 5.89 Å². The second-order valence-corrected chi connectivity index (χ2v) is 6.39. The summed E-state index contributed by atoms with van der Waals surface area (Å²) in [6.07, 6.45) is 4.43. The summed E-state index contributed by atoms with van der Waals surface area (Å²) in [5.41, 5.74) is 0.368. The van der Waals surface area contributed by atoms with Crippen LogP contribution < -0.4 is 5.32 Å². The highest BCUT2D eigenvalue weighted by molar-refractivity contribution is 5.99. The predicted octanol–water partition coefficient (Wildman–Crippen LogP) is 3.43. The minimum Gasteiger partial charge on any atom is -0.340 e. The van der Waals surface area contributed by atoms with Crippen molar-refractivity contribution in [3.8, 4) is 0 Å². The van der Waals surface area contributed by atoms with Gasteiger partial charge in [-0.25, -0.2) is 0 Å². The van der Waals surface area contributed by atoms with Gasteiger partial charge in [0.15, 0.2) is 5.82 Å². The molecular weight excluding hydrogens is 324 g/mol. The van der Waals surface area contributed by atoms with Gasteiger partial charge >= 0.3 is 0 Å². The average molecular weight is 344 g/mol. The number of aryl methyl sites for hydroxylation is 1. The molecular formula is C17H20N4O4. The Morgan fingerprint density at radius 2 is 2.12 bits per heavy atom. The van der Waals surface area contributed by atoms with Gasteiger partial charge in [0.25, 0.3) is 11.6 Å². The molecule has 3 rings (SSSR count). The Labute approximate surface area is 144 Å². The SMILES string of the molecule is Cc1cccc([N+](=O)[O-])c1C(=O)NC(C)c1nc(C2CCCC2)no1. The van der Waals surface area contributed by atoms with E-state index in [2.05, 4.69) is 15.5 Å². The number of nitro benzene ring substituents is 1. The first-order chi connectivity index (χ1) is 12.0. The third-order valence-electron chi connectivity index (χ3n) is 4.57. The third kappa shape index (κ3) is 3.52. The molecule has 1 unspecified atom stereocenters. The summed E-state index contributed by atoms with van der Waals surface area (Å²) in [6.45, 7) is 3.38. The first kappa shape index (κ1) is 17.1. The number of hydrogen-bond acceptors (Lipinski definition) is 6. The minimum atomic E-state index is -0.558. The zero-order valence-electron chi connectivity index (χ0n) is 14.2. The van der Waals surface area contributed by atoms with Gasteiger partial charge in [-0.15, -0.1) is 0 Å². The summed E-state index contributed by atoms with van der Waals surface area (Å²) in [5.74, 6) is 0.776. The Bertz CT molecular complexity index is 796. The molecule has 2 aromatic rings. The Kier molecular flexibility index (Phi) is 4.78.